The highest BCUT2D eigenvalue weighted by Gasteiger charge is 2.34. The molecule has 0 bridgehead atoms. The van der Waals surface area contributed by atoms with Crippen molar-refractivity contribution in [2.24, 2.45) is 11.3 Å². The zero-order valence-corrected chi connectivity index (χ0v) is 12.0. The van der Waals surface area contributed by atoms with Gasteiger partial charge in [0.15, 0.2) is 0 Å². The third-order valence-electron chi connectivity index (χ3n) is 4.21. The molecule has 0 aromatic carbocycles. The second-order valence-corrected chi connectivity index (χ2v) is 5.69. The summed E-state index contributed by atoms with van der Waals surface area (Å²) in [5.41, 5.74) is -0.314. The van der Waals surface area contributed by atoms with Crippen LogP contribution in [0.25, 0.3) is 0 Å². The Balaban J connectivity index is 2.40. The van der Waals surface area contributed by atoms with Crippen LogP contribution >= 0.6 is 0 Å². The topological polar surface area (TPSA) is 61.4 Å². The summed E-state index contributed by atoms with van der Waals surface area (Å²) in [5.74, 6) is 0.349. The lowest BCUT2D eigenvalue weighted by Crippen LogP contribution is -2.50. The van der Waals surface area contributed by atoms with E-state index in [0.717, 1.165) is 38.8 Å². The first-order valence-electron chi connectivity index (χ1n) is 7.20. The third-order valence-corrected chi connectivity index (χ3v) is 4.21. The predicted molar refractivity (Wildman–Crippen MR) is 73.3 cm³/mol. The standard InChI is InChI=1S/C14H28N2O2/c1-4-11(5-2)12(17)9-16-13(18)14(3)7-6-8-15-10-14/h11-12,15,17H,4-10H2,1-3H3,(H,16,18). The number of carbonyl (C=O) groups excluding carboxylic acids is 1. The van der Waals surface area contributed by atoms with E-state index in [0.29, 0.717) is 6.54 Å². The molecule has 106 valence electrons. The maximum absolute atomic E-state index is 12.2. The average molecular weight is 256 g/mol. The molecule has 1 heterocycles. The highest BCUT2D eigenvalue weighted by atomic mass is 16.3. The van der Waals surface area contributed by atoms with Gasteiger partial charge in [-0.25, -0.2) is 0 Å². The number of hydrogen-bond donors (Lipinski definition) is 3. The summed E-state index contributed by atoms with van der Waals surface area (Å²) in [6.07, 6.45) is 3.44. The molecule has 1 fully saturated rings. The van der Waals surface area contributed by atoms with Crippen LogP contribution in [0.4, 0.5) is 0 Å². The van der Waals surface area contributed by atoms with E-state index in [1.807, 2.05) is 6.92 Å². The van der Waals surface area contributed by atoms with Gasteiger partial charge in [0.05, 0.1) is 11.5 Å². The molecular formula is C14H28N2O2. The molecule has 1 amide bonds. The first-order valence-corrected chi connectivity index (χ1v) is 7.20. The number of aliphatic hydroxyl groups is 1. The van der Waals surface area contributed by atoms with Crippen LogP contribution < -0.4 is 10.6 Å². The van der Waals surface area contributed by atoms with E-state index in [4.69, 9.17) is 0 Å². The van der Waals surface area contributed by atoms with Crippen molar-refractivity contribution in [1.29, 1.82) is 0 Å². The minimum Gasteiger partial charge on any atom is -0.391 e. The van der Waals surface area contributed by atoms with Gasteiger partial charge in [0, 0.05) is 13.1 Å². The largest absolute Gasteiger partial charge is 0.391 e. The summed E-state index contributed by atoms with van der Waals surface area (Å²) in [5, 5.41) is 16.2. The highest BCUT2D eigenvalue weighted by Crippen LogP contribution is 2.25. The molecule has 4 heteroatoms. The van der Waals surface area contributed by atoms with E-state index < -0.39 is 6.10 Å². The van der Waals surface area contributed by atoms with Crippen molar-refractivity contribution in [1.82, 2.24) is 10.6 Å². The Hall–Kier alpha value is -0.610. The fraction of sp³-hybridized carbons (Fsp3) is 0.929. The maximum Gasteiger partial charge on any atom is 0.227 e. The lowest BCUT2D eigenvalue weighted by molar-refractivity contribution is -0.131. The van der Waals surface area contributed by atoms with Crippen molar-refractivity contribution in [3.05, 3.63) is 0 Å². The molecule has 0 aliphatic carbocycles. The monoisotopic (exact) mass is 256 g/mol. The molecule has 0 spiro atoms. The van der Waals surface area contributed by atoms with Crippen LogP contribution in [0, 0.1) is 11.3 Å². The number of piperidine rings is 1. The van der Waals surface area contributed by atoms with E-state index in [-0.39, 0.29) is 17.2 Å². The summed E-state index contributed by atoms with van der Waals surface area (Å²) < 4.78 is 0. The highest BCUT2D eigenvalue weighted by molar-refractivity contribution is 5.82. The molecule has 1 rings (SSSR count). The van der Waals surface area contributed by atoms with Gasteiger partial charge < -0.3 is 15.7 Å². The van der Waals surface area contributed by atoms with E-state index >= 15 is 0 Å². The van der Waals surface area contributed by atoms with Gasteiger partial charge in [0.1, 0.15) is 0 Å². The summed E-state index contributed by atoms with van der Waals surface area (Å²) in [7, 11) is 0. The van der Waals surface area contributed by atoms with Crippen molar-refractivity contribution in [2.75, 3.05) is 19.6 Å². The molecule has 0 radical (unpaired) electrons. The van der Waals surface area contributed by atoms with E-state index in [1.165, 1.54) is 0 Å². The second-order valence-electron chi connectivity index (χ2n) is 5.69. The minimum atomic E-state index is -0.427. The van der Waals surface area contributed by atoms with E-state index in [2.05, 4.69) is 24.5 Å². The Kier molecular flexibility index (Phi) is 6.09. The molecule has 1 saturated heterocycles. The van der Waals surface area contributed by atoms with Crippen LogP contribution in [0.15, 0.2) is 0 Å². The molecule has 2 atom stereocenters. The molecule has 18 heavy (non-hydrogen) atoms. The van der Waals surface area contributed by atoms with E-state index in [1.54, 1.807) is 0 Å². The SMILES string of the molecule is CCC(CC)C(O)CNC(=O)C1(C)CCCNC1. The van der Waals surface area contributed by atoms with Crippen LogP contribution in [0.5, 0.6) is 0 Å². The van der Waals surface area contributed by atoms with Gasteiger partial charge >= 0.3 is 0 Å². The molecule has 0 saturated carbocycles. The summed E-state index contributed by atoms with van der Waals surface area (Å²) >= 11 is 0. The molecule has 2 unspecified atom stereocenters. The number of nitrogens with one attached hydrogen (secondary N) is 2. The number of amides is 1. The number of rotatable bonds is 6. The van der Waals surface area contributed by atoms with Crippen LogP contribution in [-0.2, 0) is 4.79 Å². The van der Waals surface area contributed by atoms with Crippen LogP contribution in [0.2, 0.25) is 0 Å². The summed E-state index contributed by atoms with van der Waals surface area (Å²) in [6, 6.07) is 0. The molecule has 1 aliphatic heterocycles. The predicted octanol–water partition coefficient (Wildman–Crippen LogP) is 1.29. The average Bonchev–Trinajstić information content (AvgIpc) is 2.38. The Labute approximate surface area is 111 Å². The van der Waals surface area contributed by atoms with Gasteiger partial charge in [-0.05, 0) is 32.2 Å². The number of aliphatic hydroxyl groups excluding tert-OH is 1. The molecule has 4 nitrogen and oxygen atoms in total. The minimum absolute atomic E-state index is 0.0692. The van der Waals surface area contributed by atoms with E-state index in [9.17, 15) is 9.90 Å². The Morgan fingerprint density at radius 2 is 2.11 bits per heavy atom. The van der Waals surface area contributed by atoms with Crippen LogP contribution in [0.3, 0.4) is 0 Å². The summed E-state index contributed by atoms with van der Waals surface area (Å²) in [6.45, 7) is 8.26. The Morgan fingerprint density at radius 1 is 1.44 bits per heavy atom. The van der Waals surface area contributed by atoms with Crippen molar-refractivity contribution < 1.29 is 9.90 Å². The number of hydrogen-bond acceptors (Lipinski definition) is 3. The Bertz CT molecular complexity index is 259. The van der Waals surface area contributed by atoms with Crippen molar-refractivity contribution in [3.8, 4) is 0 Å². The first kappa shape index (κ1) is 15.4. The molecular weight excluding hydrogens is 228 g/mol. The fourth-order valence-electron chi connectivity index (χ4n) is 2.66. The van der Waals surface area contributed by atoms with Gasteiger partial charge in [-0.1, -0.05) is 26.7 Å². The van der Waals surface area contributed by atoms with Gasteiger partial charge in [-0.3, -0.25) is 4.79 Å². The van der Waals surface area contributed by atoms with Crippen molar-refractivity contribution >= 4 is 5.91 Å². The van der Waals surface area contributed by atoms with Crippen LogP contribution in [-0.4, -0.2) is 36.8 Å². The zero-order valence-electron chi connectivity index (χ0n) is 12.0. The third kappa shape index (κ3) is 3.95. The molecule has 0 aromatic rings. The first-order chi connectivity index (χ1) is 8.53. The van der Waals surface area contributed by atoms with Gasteiger partial charge in [-0.15, -0.1) is 0 Å². The van der Waals surface area contributed by atoms with Gasteiger partial charge in [0.2, 0.25) is 5.91 Å². The lowest BCUT2D eigenvalue weighted by atomic mass is 9.82. The quantitative estimate of drug-likeness (QED) is 0.671. The fourth-order valence-corrected chi connectivity index (χ4v) is 2.66. The lowest BCUT2D eigenvalue weighted by Gasteiger charge is -2.33. The summed E-state index contributed by atoms with van der Waals surface area (Å²) in [4.78, 5) is 12.2. The second kappa shape index (κ2) is 7.10. The van der Waals surface area contributed by atoms with Gasteiger partial charge in [0.25, 0.3) is 0 Å². The normalized spacial score (nSPS) is 26.1. The van der Waals surface area contributed by atoms with Crippen molar-refractivity contribution in [2.45, 2.75) is 52.6 Å². The Morgan fingerprint density at radius 3 is 2.61 bits per heavy atom. The van der Waals surface area contributed by atoms with Gasteiger partial charge in [-0.2, -0.15) is 0 Å². The number of carbonyl (C=O) groups is 1. The smallest absolute Gasteiger partial charge is 0.227 e. The molecule has 0 aromatic heterocycles. The molecule has 1 aliphatic rings. The molecule has 3 N–H and O–H groups in total. The zero-order chi connectivity index (χ0) is 13.6. The van der Waals surface area contributed by atoms with Crippen molar-refractivity contribution in [3.63, 3.8) is 0 Å². The maximum atomic E-state index is 12.2. The van der Waals surface area contributed by atoms with Crippen LogP contribution in [0.1, 0.15) is 46.5 Å².